The second-order valence-corrected chi connectivity index (χ2v) is 5.05. The van der Waals surface area contributed by atoms with Crippen molar-refractivity contribution in [3.8, 4) is 11.5 Å². The monoisotopic (exact) mass is 284 g/mol. The molecule has 0 saturated carbocycles. The van der Waals surface area contributed by atoms with Crippen LogP contribution in [0.3, 0.4) is 0 Å². The highest BCUT2D eigenvalue weighted by Gasteiger charge is 2.26. The molecule has 0 fully saturated rings. The van der Waals surface area contributed by atoms with E-state index in [1.165, 1.54) is 7.11 Å². The molecule has 1 aliphatic rings. The molecule has 0 atom stereocenters. The Hall–Kier alpha value is -2.69. The van der Waals surface area contributed by atoms with Crippen molar-refractivity contribution in [2.75, 3.05) is 12.8 Å². The van der Waals surface area contributed by atoms with E-state index in [1.807, 2.05) is 18.2 Å². The molecule has 2 aromatic carbocycles. The minimum Gasteiger partial charge on any atom is -0.504 e. The van der Waals surface area contributed by atoms with E-state index in [-0.39, 0.29) is 17.2 Å². The maximum Gasteiger partial charge on any atom is 0.258 e. The van der Waals surface area contributed by atoms with Gasteiger partial charge in [-0.15, -0.1) is 0 Å². The smallest absolute Gasteiger partial charge is 0.258 e. The summed E-state index contributed by atoms with van der Waals surface area (Å²) in [5, 5.41) is 10.1. The van der Waals surface area contributed by atoms with Crippen LogP contribution in [-0.4, -0.2) is 23.0 Å². The van der Waals surface area contributed by atoms with E-state index in [0.717, 1.165) is 11.1 Å². The van der Waals surface area contributed by atoms with Gasteiger partial charge >= 0.3 is 0 Å². The van der Waals surface area contributed by atoms with Crippen molar-refractivity contribution in [3.63, 3.8) is 0 Å². The molecule has 0 saturated heterocycles. The van der Waals surface area contributed by atoms with Crippen molar-refractivity contribution < 1.29 is 14.6 Å². The van der Waals surface area contributed by atoms with Crippen LogP contribution in [0.2, 0.25) is 0 Å². The van der Waals surface area contributed by atoms with E-state index in [4.69, 9.17) is 10.5 Å². The highest BCUT2D eigenvalue weighted by molar-refractivity contribution is 5.98. The van der Waals surface area contributed by atoms with Gasteiger partial charge in [0, 0.05) is 18.8 Å². The molecule has 0 bridgehead atoms. The number of amides is 1. The molecular formula is C16H16N2O3. The molecule has 5 heteroatoms. The third-order valence-corrected chi connectivity index (χ3v) is 3.69. The Bertz CT molecular complexity index is 713. The van der Waals surface area contributed by atoms with Crippen LogP contribution in [0.1, 0.15) is 21.5 Å². The van der Waals surface area contributed by atoms with Crippen molar-refractivity contribution >= 4 is 11.6 Å². The Labute approximate surface area is 122 Å². The summed E-state index contributed by atoms with van der Waals surface area (Å²) in [5.74, 6) is -0.0524. The number of nitrogens with two attached hydrogens (primary N) is 1. The summed E-state index contributed by atoms with van der Waals surface area (Å²) in [7, 11) is 1.46. The van der Waals surface area contributed by atoms with Gasteiger partial charge in [0.05, 0.1) is 12.7 Å². The fourth-order valence-electron chi connectivity index (χ4n) is 2.59. The molecule has 0 unspecified atom stereocenters. The summed E-state index contributed by atoms with van der Waals surface area (Å²) in [4.78, 5) is 14.2. The summed E-state index contributed by atoms with van der Waals surface area (Å²) in [5.41, 5.74) is 8.83. The van der Waals surface area contributed by atoms with Crippen molar-refractivity contribution in [2.24, 2.45) is 0 Å². The highest BCUT2D eigenvalue weighted by atomic mass is 16.5. The molecule has 21 heavy (non-hydrogen) atoms. The second-order valence-electron chi connectivity index (χ2n) is 5.05. The molecule has 0 aromatic heterocycles. The number of nitrogen functional groups attached to an aromatic ring is 1. The molecule has 2 aromatic rings. The standard InChI is InChI=1S/C16H16N2O3/c1-21-14-4-2-3-13(15(14)19)16(20)18-8-10-5-6-12(17)7-11(10)9-18/h2-7,19H,8-9,17H2,1H3. The van der Waals surface area contributed by atoms with Gasteiger partial charge in [0.2, 0.25) is 0 Å². The Morgan fingerprint density at radius 3 is 2.76 bits per heavy atom. The number of rotatable bonds is 2. The first kappa shape index (κ1) is 13.3. The van der Waals surface area contributed by atoms with Gasteiger partial charge in [0.15, 0.2) is 11.5 Å². The fourth-order valence-corrected chi connectivity index (χ4v) is 2.59. The Morgan fingerprint density at radius 2 is 2.00 bits per heavy atom. The molecule has 1 aliphatic heterocycles. The number of aromatic hydroxyl groups is 1. The minimum absolute atomic E-state index is 0.125. The SMILES string of the molecule is COc1cccc(C(=O)N2Cc3ccc(N)cc3C2)c1O. The number of methoxy groups -OCH3 is 1. The first-order valence-corrected chi connectivity index (χ1v) is 6.62. The third-order valence-electron chi connectivity index (χ3n) is 3.69. The van der Waals surface area contributed by atoms with Gasteiger partial charge in [-0.3, -0.25) is 4.79 Å². The number of fused-ring (bicyclic) bond motifs is 1. The van der Waals surface area contributed by atoms with Gasteiger partial charge < -0.3 is 20.5 Å². The van der Waals surface area contributed by atoms with Crippen LogP contribution in [0.15, 0.2) is 36.4 Å². The van der Waals surface area contributed by atoms with Crippen molar-refractivity contribution in [2.45, 2.75) is 13.1 Å². The number of carbonyl (C=O) groups excluding carboxylic acids is 1. The summed E-state index contributed by atoms with van der Waals surface area (Å²) in [6.07, 6.45) is 0. The number of anilines is 1. The lowest BCUT2D eigenvalue weighted by atomic mass is 10.1. The highest BCUT2D eigenvalue weighted by Crippen LogP contribution is 2.32. The number of ether oxygens (including phenoxy) is 1. The molecule has 1 amide bonds. The predicted molar refractivity (Wildman–Crippen MR) is 79.1 cm³/mol. The number of phenols is 1. The molecule has 5 nitrogen and oxygen atoms in total. The zero-order valence-electron chi connectivity index (χ0n) is 11.7. The average molecular weight is 284 g/mol. The molecule has 0 spiro atoms. The molecule has 3 rings (SSSR count). The minimum atomic E-state index is -0.221. The zero-order valence-corrected chi connectivity index (χ0v) is 11.7. The lowest BCUT2D eigenvalue weighted by molar-refractivity contribution is 0.0747. The fraction of sp³-hybridized carbons (Fsp3) is 0.188. The molecule has 0 aliphatic carbocycles. The van der Waals surface area contributed by atoms with Gasteiger partial charge in [-0.25, -0.2) is 0 Å². The Balaban J connectivity index is 1.88. The first-order chi connectivity index (χ1) is 10.1. The van der Waals surface area contributed by atoms with Crippen LogP contribution in [0.5, 0.6) is 11.5 Å². The summed E-state index contributed by atoms with van der Waals surface area (Å²) >= 11 is 0. The topological polar surface area (TPSA) is 75.8 Å². The number of hydrogen-bond donors (Lipinski definition) is 2. The molecule has 1 heterocycles. The van der Waals surface area contributed by atoms with Crippen LogP contribution in [0.25, 0.3) is 0 Å². The summed E-state index contributed by atoms with van der Waals surface area (Å²) in [6.45, 7) is 1.01. The maximum atomic E-state index is 12.6. The van der Waals surface area contributed by atoms with Crippen LogP contribution in [-0.2, 0) is 13.1 Å². The van der Waals surface area contributed by atoms with Crippen LogP contribution < -0.4 is 10.5 Å². The lowest BCUT2D eigenvalue weighted by Crippen LogP contribution is -2.25. The summed E-state index contributed by atoms with van der Waals surface area (Å²) < 4.78 is 5.04. The Kier molecular flexibility index (Phi) is 3.17. The average Bonchev–Trinajstić information content (AvgIpc) is 2.89. The van der Waals surface area contributed by atoms with Gasteiger partial charge in [-0.2, -0.15) is 0 Å². The predicted octanol–water partition coefficient (Wildman–Crippen LogP) is 2.14. The Morgan fingerprint density at radius 1 is 1.24 bits per heavy atom. The second kappa shape index (κ2) is 5.01. The normalized spacial score (nSPS) is 13.1. The number of nitrogens with zero attached hydrogens (tertiary/aromatic N) is 1. The van der Waals surface area contributed by atoms with E-state index in [2.05, 4.69) is 0 Å². The molecule has 3 N–H and O–H groups in total. The molecular weight excluding hydrogens is 268 g/mol. The number of benzene rings is 2. The number of carbonyl (C=O) groups is 1. The van der Waals surface area contributed by atoms with Crippen LogP contribution in [0.4, 0.5) is 5.69 Å². The van der Waals surface area contributed by atoms with Gasteiger partial charge in [-0.05, 0) is 35.4 Å². The maximum absolute atomic E-state index is 12.6. The molecule has 0 radical (unpaired) electrons. The van der Waals surface area contributed by atoms with E-state index in [9.17, 15) is 9.90 Å². The van der Waals surface area contributed by atoms with Crippen molar-refractivity contribution in [1.82, 2.24) is 4.90 Å². The summed E-state index contributed by atoms with van der Waals surface area (Å²) in [6, 6.07) is 10.5. The van der Waals surface area contributed by atoms with E-state index < -0.39 is 0 Å². The van der Waals surface area contributed by atoms with E-state index >= 15 is 0 Å². The number of phenolic OH excluding ortho intramolecular Hbond substituents is 1. The first-order valence-electron chi connectivity index (χ1n) is 6.62. The largest absolute Gasteiger partial charge is 0.504 e. The lowest BCUT2D eigenvalue weighted by Gasteiger charge is -2.17. The number of para-hydroxylation sites is 1. The van der Waals surface area contributed by atoms with Crippen molar-refractivity contribution in [1.29, 1.82) is 0 Å². The number of hydrogen-bond acceptors (Lipinski definition) is 4. The van der Waals surface area contributed by atoms with Gasteiger partial charge in [-0.1, -0.05) is 12.1 Å². The molecule has 108 valence electrons. The van der Waals surface area contributed by atoms with Gasteiger partial charge in [0.25, 0.3) is 5.91 Å². The zero-order chi connectivity index (χ0) is 15.0. The van der Waals surface area contributed by atoms with Crippen molar-refractivity contribution in [3.05, 3.63) is 53.1 Å². The van der Waals surface area contributed by atoms with Crippen LogP contribution in [0, 0.1) is 0 Å². The van der Waals surface area contributed by atoms with E-state index in [1.54, 1.807) is 23.1 Å². The van der Waals surface area contributed by atoms with Gasteiger partial charge in [0.1, 0.15) is 0 Å². The third kappa shape index (κ3) is 2.27. The quantitative estimate of drug-likeness (QED) is 0.828. The van der Waals surface area contributed by atoms with E-state index in [0.29, 0.717) is 24.5 Å². The van der Waals surface area contributed by atoms with Crippen LogP contribution >= 0.6 is 0 Å².